The third kappa shape index (κ3) is 2.42. The molecule has 0 aliphatic heterocycles. The number of fused-ring (bicyclic) bond motifs is 1. The smallest absolute Gasteiger partial charge is 0.146 e. The average Bonchev–Trinajstić information content (AvgIpc) is 2.70. The third-order valence-electron chi connectivity index (χ3n) is 2.41. The Kier molecular flexibility index (Phi) is 4.53. The van der Waals surface area contributed by atoms with Gasteiger partial charge in [-0.25, -0.2) is 9.97 Å². The summed E-state index contributed by atoms with van der Waals surface area (Å²) in [6.07, 6.45) is 8.80. The Bertz CT molecular complexity index is 552. The zero-order valence-corrected chi connectivity index (χ0v) is 11.3. The second-order valence-corrected chi connectivity index (χ2v) is 3.78. The van der Waals surface area contributed by atoms with Crippen LogP contribution in [-0.4, -0.2) is 14.5 Å². The molecule has 0 aromatic carbocycles. The van der Waals surface area contributed by atoms with Crippen molar-refractivity contribution in [3.05, 3.63) is 23.2 Å². The first-order valence-corrected chi connectivity index (χ1v) is 5.96. The van der Waals surface area contributed by atoms with Crippen molar-refractivity contribution in [3.8, 4) is 12.3 Å². The van der Waals surface area contributed by atoms with E-state index in [4.69, 9.17) is 18.0 Å². The highest BCUT2D eigenvalue weighted by Gasteiger charge is 2.13. The monoisotopic (exact) mass is 249 g/mol. The van der Waals surface area contributed by atoms with Gasteiger partial charge in [0.15, 0.2) is 0 Å². The molecule has 0 N–H and O–H groups in total. The van der Waals surface area contributed by atoms with E-state index in [-0.39, 0.29) is 6.04 Å². The normalized spacial score (nSPS) is 11.5. The lowest BCUT2D eigenvalue weighted by Crippen LogP contribution is -2.01. The van der Waals surface area contributed by atoms with E-state index in [1.54, 1.807) is 0 Å². The predicted molar refractivity (Wildman–Crippen MR) is 72.2 cm³/mol. The number of hydrogen-bond acceptors (Lipinski definition) is 2. The summed E-state index contributed by atoms with van der Waals surface area (Å²) in [4.78, 5) is 8.16. The number of aromatic nitrogens is 3. The molecule has 1 unspecified atom stereocenters. The Labute approximate surface area is 107 Å². The second kappa shape index (κ2) is 5.70. The van der Waals surface area contributed by atoms with Crippen molar-refractivity contribution in [2.24, 2.45) is 0 Å². The molecule has 0 spiro atoms. The molecule has 0 fully saturated rings. The molecule has 0 radical (unpaired) electrons. The summed E-state index contributed by atoms with van der Waals surface area (Å²) in [6, 6.07) is -0.0350. The largest absolute Gasteiger partial charge is 0.318 e. The van der Waals surface area contributed by atoms with Gasteiger partial charge in [0.05, 0.1) is 11.4 Å². The van der Waals surface area contributed by atoms with Crippen LogP contribution in [-0.2, 0) is 0 Å². The van der Waals surface area contributed by atoms with Crippen LogP contribution in [0.1, 0.15) is 32.4 Å². The zero-order chi connectivity index (χ0) is 13.0. The Hall–Kier alpha value is -1.53. The summed E-state index contributed by atoms with van der Waals surface area (Å²) < 4.78 is 1.93. The lowest BCUT2D eigenvalue weighted by molar-refractivity contribution is 0.701. The van der Waals surface area contributed by atoms with E-state index in [2.05, 4.69) is 15.9 Å². The minimum atomic E-state index is -0.0350. The van der Waals surface area contributed by atoms with Gasteiger partial charge in [-0.3, -0.25) is 0 Å². The minimum Gasteiger partial charge on any atom is -0.318 e. The van der Waals surface area contributed by atoms with Crippen LogP contribution in [0, 0.1) is 19.3 Å². The number of nitrogens with zero attached hydrogens (tertiary/aromatic N) is 3. The second-order valence-electron chi connectivity index (χ2n) is 3.43. The van der Waals surface area contributed by atoms with Crippen LogP contribution < -0.4 is 0 Å². The van der Waals surface area contributed by atoms with E-state index in [1.807, 2.05) is 38.5 Å². The van der Waals surface area contributed by atoms with Crippen molar-refractivity contribution in [2.75, 3.05) is 0 Å². The Morgan fingerprint density at radius 1 is 1.41 bits per heavy atom. The third-order valence-corrected chi connectivity index (χ3v) is 2.70. The molecule has 2 aromatic heterocycles. The molecule has 0 saturated carbocycles. The molecule has 90 valence electrons. The molecule has 4 heteroatoms. The van der Waals surface area contributed by atoms with Gasteiger partial charge < -0.3 is 4.57 Å². The maximum absolute atomic E-state index is 6.01. The minimum absolute atomic E-state index is 0.0350. The zero-order valence-electron chi connectivity index (χ0n) is 10.5. The van der Waals surface area contributed by atoms with Crippen molar-refractivity contribution in [1.82, 2.24) is 14.5 Å². The van der Waals surface area contributed by atoms with Crippen LogP contribution in [0.5, 0.6) is 0 Å². The molecule has 0 bridgehead atoms. The first-order valence-electron chi connectivity index (χ1n) is 5.59. The van der Waals surface area contributed by atoms with Crippen LogP contribution in [0.4, 0.5) is 0 Å². The molecule has 0 saturated heterocycles. The fourth-order valence-electron chi connectivity index (χ4n) is 1.60. The molecule has 1 atom stereocenters. The molecule has 0 aliphatic carbocycles. The molecule has 2 aromatic rings. The summed E-state index contributed by atoms with van der Waals surface area (Å²) in [5, 5.41) is 1.35. The maximum atomic E-state index is 6.01. The molecule has 2 rings (SSSR count). The van der Waals surface area contributed by atoms with Crippen LogP contribution >= 0.6 is 11.6 Å². The highest BCUT2D eigenvalue weighted by Crippen LogP contribution is 2.26. The number of aryl methyl sites for hydroxylation is 1. The quantitative estimate of drug-likeness (QED) is 0.571. The summed E-state index contributed by atoms with van der Waals surface area (Å²) >= 11 is 6.01. The summed E-state index contributed by atoms with van der Waals surface area (Å²) in [7, 11) is 0. The average molecular weight is 250 g/mol. The van der Waals surface area contributed by atoms with E-state index >= 15 is 0 Å². The van der Waals surface area contributed by atoms with Crippen LogP contribution in [0.15, 0.2) is 12.5 Å². The fourth-order valence-corrected chi connectivity index (χ4v) is 1.88. The van der Waals surface area contributed by atoms with Crippen molar-refractivity contribution < 1.29 is 0 Å². The van der Waals surface area contributed by atoms with Gasteiger partial charge >= 0.3 is 0 Å². The maximum Gasteiger partial charge on any atom is 0.146 e. The Morgan fingerprint density at radius 2 is 2.06 bits per heavy atom. The molecule has 17 heavy (non-hydrogen) atoms. The first kappa shape index (κ1) is 13.5. The van der Waals surface area contributed by atoms with Gasteiger partial charge in [0.2, 0.25) is 0 Å². The van der Waals surface area contributed by atoms with Gasteiger partial charge in [0.25, 0.3) is 0 Å². The van der Waals surface area contributed by atoms with E-state index in [9.17, 15) is 0 Å². The molecule has 0 amide bonds. The Balaban J connectivity index is 0.000000686. The predicted octanol–water partition coefficient (Wildman–Crippen LogP) is 3.61. The van der Waals surface area contributed by atoms with Crippen LogP contribution in [0.2, 0.25) is 5.15 Å². The molecule has 2 heterocycles. The first-order chi connectivity index (χ1) is 8.15. The number of hydrogen-bond donors (Lipinski definition) is 0. The molecular weight excluding hydrogens is 234 g/mol. The molecular formula is C13H16ClN3. The van der Waals surface area contributed by atoms with Gasteiger partial charge in [0, 0.05) is 6.20 Å². The van der Waals surface area contributed by atoms with Crippen molar-refractivity contribution in [3.63, 3.8) is 0 Å². The van der Waals surface area contributed by atoms with Gasteiger partial charge in [-0.05, 0) is 19.4 Å². The molecule has 0 aliphatic rings. The Morgan fingerprint density at radius 3 is 2.65 bits per heavy atom. The van der Waals surface area contributed by atoms with Crippen LogP contribution in [0.3, 0.4) is 0 Å². The van der Waals surface area contributed by atoms with E-state index < -0.39 is 0 Å². The summed E-state index contributed by atoms with van der Waals surface area (Å²) in [5.74, 6) is 2.67. The molecule has 3 nitrogen and oxygen atoms in total. The van der Waals surface area contributed by atoms with Crippen molar-refractivity contribution in [2.45, 2.75) is 33.7 Å². The highest BCUT2D eigenvalue weighted by molar-refractivity contribution is 6.34. The van der Waals surface area contributed by atoms with Gasteiger partial charge in [-0.15, -0.1) is 6.42 Å². The highest BCUT2D eigenvalue weighted by atomic mass is 35.5. The number of terminal acetylenes is 1. The number of rotatable bonds is 1. The van der Waals surface area contributed by atoms with Crippen molar-refractivity contribution in [1.29, 1.82) is 0 Å². The SMILES string of the molecule is C#CC(C)n1cc(C)c2c(Cl)ncnc21.CC. The summed E-state index contributed by atoms with van der Waals surface area (Å²) in [6.45, 7) is 7.91. The standard InChI is InChI=1S/C11H10ClN3.C2H6/c1-4-8(3)15-5-7(2)9-10(12)13-6-14-11(9)15;1-2/h1,5-6,8H,2-3H3;1-2H3. The van der Waals surface area contributed by atoms with E-state index in [0.29, 0.717) is 5.15 Å². The van der Waals surface area contributed by atoms with Crippen LogP contribution in [0.25, 0.3) is 11.0 Å². The fraction of sp³-hybridized carbons (Fsp3) is 0.385. The lowest BCUT2D eigenvalue weighted by Gasteiger charge is -2.06. The van der Waals surface area contributed by atoms with E-state index in [1.165, 1.54) is 6.33 Å². The van der Waals surface area contributed by atoms with Gasteiger partial charge in [-0.2, -0.15) is 0 Å². The van der Waals surface area contributed by atoms with Crippen molar-refractivity contribution >= 4 is 22.6 Å². The van der Waals surface area contributed by atoms with Gasteiger partial charge in [-0.1, -0.05) is 31.4 Å². The topological polar surface area (TPSA) is 30.7 Å². The van der Waals surface area contributed by atoms with E-state index in [0.717, 1.165) is 16.6 Å². The number of halogens is 1. The van der Waals surface area contributed by atoms with Gasteiger partial charge in [0.1, 0.15) is 17.1 Å². The lowest BCUT2D eigenvalue weighted by atomic mass is 10.3. The summed E-state index contributed by atoms with van der Waals surface area (Å²) in [5.41, 5.74) is 1.83.